The number of aromatic nitrogens is 4. The summed E-state index contributed by atoms with van der Waals surface area (Å²) in [6, 6.07) is 5.18. The van der Waals surface area contributed by atoms with Crippen molar-refractivity contribution in [1.82, 2.24) is 29.7 Å². The summed E-state index contributed by atoms with van der Waals surface area (Å²) < 4.78 is 0. The van der Waals surface area contributed by atoms with Gasteiger partial charge < -0.3 is 14.8 Å². The summed E-state index contributed by atoms with van der Waals surface area (Å²) in [7, 11) is 0. The molecule has 4 aromatic heterocycles. The molecule has 0 unspecified atom stereocenters. The number of H-pyrrole nitrogens is 1. The van der Waals surface area contributed by atoms with Crippen molar-refractivity contribution in [3.8, 4) is 11.4 Å². The Morgan fingerprint density at radius 1 is 1.03 bits per heavy atom. The van der Waals surface area contributed by atoms with Crippen LogP contribution in [0.3, 0.4) is 0 Å². The summed E-state index contributed by atoms with van der Waals surface area (Å²) in [6.45, 7) is 3.13. The molecule has 1 N–H and O–H groups in total. The second kappa shape index (κ2) is 8.55. The fourth-order valence-electron chi connectivity index (χ4n) is 4.04. The van der Waals surface area contributed by atoms with Crippen LogP contribution >= 0.6 is 11.3 Å². The van der Waals surface area contributed by atoms with Gasteiger partial charge in [0.1, 0.15) is 17.1 Å². The Kier molecular flexibility index (Phi) is 5.43. The smallest absolute Gasteiger partial charge is 0.295 e. The maximum absolute atomic E-state index is 13.2. The molecule has 0 atom stereocenters. The SMILES string of the molecule is Cc1cnc(-c2cscn2)c2[nH]cc(C(=O)C(=O)N3CCN(C(=O)c4ccccn4)CC3)c12. The van der Waals surface area contributed by atoms with Gasteiger partial charge in [-0.2, -0.15) is 0 Å². The highest BCUT2D eigenvalue weighted by Gasteiger charge is 2.31. The van der Waals surface area contributed by atoms with Gasteiger partial charge in [0.05, 0.1) is 16.6 Å². The highest BCUT2D eigenvalue weighted by Crippen LogP contribution is 2.30. The van der Waals surface area contributed by atoms with Crippen LogP contribution < -0.4 is 0 Å². The minimum absolute atomic E-state index is 0.177. The van der Waals surface area contributed by atoms with Gasteiger partial charge in [0, 0.05) is 55.5 Å². The molecule has 1 aliphatic heterocycles. The summed E-state index contributed by atoms with van der Waals surface area (Å²) in [6.07, 6.45) is 4.83. The topological polar surface area (TPSA) is 112 Å². The van der Waals surface area contributed by atoms with Gasteiger partial charge in [0.2, 0.25) is 0 Å². The number of nitrogens with zero attached hydrogens (tertiary/aromatic N) is 5. The Labute approximate surface area is 193 Å². The van der Waals surface area contributed by atoms with Gasteiger partial charge in [-0.1, -0.05) is 6.07 Å². The number of aryl methyl sites for hydroxylation is 1. The van der Waals surface area contributed by atoms with Crippen molar-refractivity contribution >= 4 is 39.8 Å². The first kappa shape index (κ1) is 21.0. The van der Waals surface area contributed by atoms with Crippen LogP contribution in [0.15, 0.2) is 47.7 Å². The molecule has 4 aromatic rings. The van der Waals surface area contributed by atoms with Crippen molar-refractivity contribution in [1.29, 1.82) is 0 Å². The number of carbonyl (C=O) groups is 3. The summed E-state index contributed by atoms with van der Waals surface area (Å²) >= 11 is 1.46. The molecular weight excluding hydrogens is 440 g/mol. The Balaban J connectivity index is 1.34. The van der Waals surface area contributed by atoms with E-state index < -0.39 is 11.7 Å². The number of hydrogen-bond donors (Lipinski definition) is 1. The average molecular weight is 461 g/mol. The fraction of sp³-hybridized carbons (Fsp3) is 0.217. The third kappa shape index (κ3) is 3.78. The van der Waals surface area contributed by atoms with E-state index in [-0.39, 0.29) is 19.0 Å². The van der Waals surface area contributed by atoms with Crippen molar-refractivity contribution < 1.29 is 14.4 Å². The lowest BCUT2D eigenvalue weighted by molar-refractivity contribution is -0.127. The van der Waals surface area contributed by atoms with Crippen LogP contribution in [0.5, 0.6) is 0 Å². The molecule has 1 saturated heterocycles. The van der Waals surface area contributed by atoms with E-state index >= 15 is 0 Å². The standard InChI is InChI=1S/C23H20N6O3S/c1-14-10-25-19(17-12-33-13-27-17)20-18(14)15(11-26-20)21(30)23(32)29-8-6-28(7-9-29)22(31)16-4-2-3-5-24-16/h2-5,10-13,26H,6-9H2,1H3. The molecule has 0 aromatic carbocycles. The largest absolute Gasteiger partial charge is 0.359 e. The van der Waals surface area contributed by atoms with E-state index in [1.165, 1.54) is 16.2 Å². The van der Waals surface area contributed by atoms with Crippen molar-refractivity contribution in [3.05, 3.63) is 64.5 Å². The van der Waals surface area contributed by atoms with Crippen LogP contribution in [0.1, 0.15) is 26.4 Å². The van der Waals surface area contributed by atoms with E-state index in [0.717, 1.165) is 5.56 Å². The van der Waals surface area contributed by atoms with Gasteiger partial charge >= 0.3 is 0 Å². The van der Waals surface area contributed by atoms with Gasteiger partial charge in [-0.05, 0) is 24.6 Å². The molecule has 0 bridgehead atoms. The number of nitrogens with one attached hydrogen (secondary N) is 1. The lowest BCUT2D eigenvalue weighted by Gasteiger charge is -2.34. The Hall–Kier alpha value is -3.92. The summed E-state index contributed by atoms with van der Waals surface area (Å²) in [4.78, 5) is 57.9. The summed E-state index contributed by atoms with van der Waals surface area (Å²) in [5, 5.41) is 2.56. The number of fused-ring (bicyclic) bond motifs is 1. The zero-order valence-electron chi connectivity index (χ0n) is 17.8. The number of rotatable bonds is 4. The first-order valence-electron chi connectivity index (χ1n) is 10.4. The van der Waals surface area contributed by atoms with Crippen molar-refractivity contribution in [2.45, 2.75) is 6.92 Å². The number of hydrogen-bond acceptors (Lipinski definition) is 7. The first-order chi connectivity index (χ1) is 16.0. The van der Waals surface area contributed by atoms with E-state index in [0.29, 0.717) is 46.6 Å². The highest BCUT2D eigenvalue weighted by molar-refractivity contribution is 7.07. The first-order valence-corrected chi connectivity index (χ1v) is 11.4. The van der Waals surface area contributed by atoms with Crippen LogP contribution in [0.4, 0.5) is 0 Å². The van der Waals surface area contributed by atoms with Crippen LogP contribution in [0, 0.1) is 6.92 Å². The van der Waals surface area contributed by atoms with Crippen LogP contribution in [-0.4, -0.2) is 73.5 Å². The molecule has 0 radical (unpaired) electrons. The molecule has 0 saturated carbocycles. The molecule has 166 valence electrons. The predicted octanol–water partition coefficient (Wildman–Crippen LogP) is 2.56. The maximum atomic E-state index is 13.2. The van der Waals surface area contributed by atoms with Gasteiger partial charge in [0.15, 0.2) is 0 Å². The second-order valence-electron chi connectivity index (χ2n) is 7.74. The summed E-state index contributed by atoms with van der Waals surface area (Å²) in [5.41, 5.74) is 5.25. The molecule has 2 amide bonds. The van der Waals surface area contributed by atoms with E-state index in [1.54, 1.807) is 47.2 Å². The third-order valence-electron chi connectivity index (χ3n) is 5.75. The van der Waals surface area contributed by atoms with Crippen molar-refractivity contribution in [2.75, 3.05) is 26.2 Å². The second-order valence-corrected chi connectivity index (χ2v) is 8.46. The lowest BCUT2D eigenvalue weighted by atomic mass is 10.0. The van der Waals surface area contributed by atoms with E-state index in [1.807, 2.05) is 12.3 Å². The molecular formula is C23H20N6O3S. The zero-order valence-corrected chi connectivity index (χ0v) is 18.6. The quantitative estimate of drug-likeness (QED) is 0.370. The summed E-state index contributed by atoms with van der Waals surface area (Å²) in [5.74, 6) is -1.33. The number of ketones is 1. The predicted molar refractivity (Wildman–Crippen MR) is 123 cm³/mol. The van der Waals surface area contributed by atoms with Gasteiger partial charge in [-0.3, -0.25) is 24.4 Å². The molecule has 1 fully saturated rings. The van der Waals surface area contributed by atoms with Crippen LogP contribution in [0.2, 0.25) is 0 Å². The number of pyridine rings is 2. The minimum Gasteiger partial charge on any atom is -0.359 e. The number of piperazine rings is 1. The molecule has 9 nitrogen and oxygen atoms in total. The van der Waals surface area contributed by atoms with Crippen LogP contribution in [-0.2, 0) is 4.79 Å². The normalized spacial score (nSPS) is 14.0. The molecule has 0 spiro atoms. The number of carbonyl (C=O) groups excluding carboxylic acids is 3. The zero-order chi connectivity index (χ0) is 22.9. The van der Waals surface area contributed by atoms with Crippen LogP contribution in [0.25, 0.3) is 22.3 Å². The average Bonchev–Trinajstić information content (AvgIpc) is 3.55. The molecule has 5 rings (SSSR count). The fourth-order valence-corrected chi connectivity index (χ4v) is 4.57. The number of amides is 2. The van der Waals surface area contributed by atoms with E-state index in [2.05, 4.69) is 19.9 Å². The highest BCUT2D eigenvalue weighted by atomic mass is 32.1. The molecule has 10 heteroatoms. The minimum atomic E-state index is -0.579. The van der Waals surface area contributed by atoms with Crippen molar-refractivity contribution in [2.24, 2.45) is 0 Å². The Morgan fingerprint density at radius 3 is 2.52 bits per heavy atom. The van der Waals surface area contributed by atoms with Gasteiger partial charge in [0.25, 0.3) is 17.6 Å². The van der Waals surface area contributed by atoms with Crippen molar-refractivity contribution in [3.63, 3.8) is 0 Å². The monoisotopic (exact) mass is 460 g/mol. The number of aromatic amines is 1. The maximum Gasteiger partial charge on any atom is 0.295 e. The number of Topliss-reactive ketones (excluding diaryl/α,β-unsaturated/α-hetero) is 1. The van der Waals surface area contributed by atoms with E-state index in [4.69, 9.17) is 0 Å². The molecule has 33 heavy (non-hydrogen) atoms. The van der Waals surface area contributed by atoms with Gasteiger partial charge in [-0.15, -0.1) is 11.3 Å². The lowest BCUT2D eigenvalue weighted by Crippen LogP contribution is -2.52. The Bertz CT molecular complexity index is 1340. The Morgan fingerprint density at radius 2 is 1.82 bits per heavy atom. The number of thiazole rings is 1. The molecule has 5 heterocycles. The van der Waals surface area contributed by atoms with Gasteiger partial charge in [-0.25, -0.2) is 4.98 Å². The van der Waals surface area contributed by atoms with E-state index in [9.17, 15) is 14.4 Å². The molecule has 0 aliphatic carbocycles. The molecule has 1 aliphatic rings. The third-order valence-corrected chi connectivity index (χ3v) is 6.34.